The summed E-state index contributed by atoms with van der Waals surface area (Å²) < 4.78 is 0. The molecule has 1 unspecified atom stereocenters. The van der Waals surface area contributed by atoms with Crippen LogP contribution in [0.3, 0.4) is 0 Å². The molecular weight excluding hydrogens is 162 g/mol. The first-order valence-electron chi connectivity index (χ1n) is 5.03. The number of rotatable bonds is 3. The van der Waals surface area contributed by atoms with E-state index in [2.05, 4.69) is 24.8 Å². The predicted molar refractivity (Wildman–Crippen MR) is 54.7 cm³/mol. The molecule has 1 atom stereocenters. The Bertz CT molecular complexity index is 194. The van der Waals surface area contributed by atoms with Gasteiger partial charge in [0.2, 0.25) is 0 Å². The molecule has 0 aromatic carbocycles. The maximum atomic E-state index is 10.6. The molecule has 1 heterocycles. The Morgan fingerprint density at radius 2 is 2.31 bits per heavy atom. The Morgan fingerprint density at radius 3 is 2.92 bits per heavy atom. The quantitative estimate of drug-likeness (QED) is 0.489. The predicted octanol–water partition coefficient (Wildman–Crippen LogP) is 1.86. The van der Waals surface area contributed by atoms with Crippen molar-refractivity contribution in [3.8, 4) is 0 Å². The van der Waals surface area contributed by atoms with Crippen molar-refractivity contribution in [2.45, 2.75) is 26.7 Å². The molecule has 0 aliphatic carbocycles. The number of allylic oxidation sites excluding steroid dienone is 1. The fraction of sp³-hybridized carbons (Fsp3) is 0.727. The Hall–Kier alpha value is -0.630. The molecule has 0 saturated carbocycles. The van der Waals surface area contributed by atoms with Gasteiger partial charge in [0.05, 0.1) is 0 Å². The summed E-state index contributed by atoms with van der Waals surface area (Å²) in [4.78, 5) is 13.0. The number of aldehydes is 1. The molecule has 74 valence electrons. The lowest BCUT2D eigenvalue weighted by Gasteiger charge is -2.29. The van der Waals surface area contributed by atoms with Crippen molar-refractivity contribution >= 4 is 6.29 Å². The van der Waals surface area contributed by atoms with E-state index in [-0.39, 0.29) is 5.92 Å². The van der Waals surface area contributed by atoms with Gasteiger partial charge in [-0.05, 0) is 33.2 Å². The summed E-state index contributed by atoms with van der Waals surface area (Å²) in [6.07, 6.45) is 5.58. The Kier molecular flexibility index (Phi) is 4.16. The summed E-state index contributed by atoms with van der Waals surface area (Å²) in [6, 6.07) is 0. The van der Waals surface area contributed by atoms with Crippen LogP contribution in [-0.2, 0) is 4.79 Å². The molecule has 0 N–H and O–H groups in total. The zero-order chi connectivity index (χ0) is 9.68. The summed E-state index contributed by atoms with van der Waals surface area (Å²) in [6.45, 7) is 7.33. The van der Waals surface area contributed by atoms with Crippen LogP contribution < -0.4 is 0 Å². The third-order valence-electron chi connectivity index (χ3n) is 2.49. The van der Waals surface area contributed by atoms with Gasteiger partial charge < -0.3 is 4.79 Å². The molecule has 2 heteroatoms. The van der Waals surface area contributed by atoms with Gasteiger partial charge in [0.15, 0.2) is 0 Å². The first-order chi connectivity index (χ1) is 6.22. The van der Waals surface area contributed by atoms with Gasteiger partial charge in [0.1, 0.15) is 6.29 Å². The number of hydrogen-bond donors (Lipinski definition) is 0. The fourth-order valence-electron chi connectivity index (χ4n) is 1.68. The highest BCUT2D eigenvalue weighted by Gasteiger charge is 2.17. The number of carbonyl (C=O) groups excluding carboxylic acids is 1. The molecule has 0 amide bonds. The zero-order valence-corrected chi connectivity index (χ0v) is 8.62. The maximum absolute atomic E-state index is 10.6. The molecule has 1 aliphatic rings. The van der Waals surface area contributed by atoms with Gasteiger partial charge in [-0.15, -0.1) is 0 Å². The minimum absolute atomic E-state index is 0.277. The largest absolute Gasteiger partial charge is 0.303 e. The lowest BCUT2D eigenvalue weighted by molar-refractivity contribution is -0.112. The molecule has 0 aromatic rings. The first-order valence-corrected chi connectivity index (χ1v) is 5.03. The lowest BCUT2D eigenvalue weighted by atomic mass is 10.00. The van der Waals surface area contributed by atoms with Crippen molar-refractivity contribution in [3.05, 3.63) is 11.6 Å². The van der Waals surface area contributed by atoms with E-state index in [9.17, 15) is 4.79 Å². The third kappa shape index (κ3) is 3.73. The minimum Gasteiger partial charge on any atom is -0.303 e. The van der Waals surface area contributed by atoms with E-state index in [0.29, 0.717) is 0 Å². The average molecular weight is 181 g/mol. The Labute approximate surface area is 80.6 Å². The number of likely N-dealkylation sites (tertiary alicyclic amines) is 1. The number of hydrogen-bond acceptors (Lipinski definition) is 2. The fourth-order valence-corrected chi connectivity index (χ4v) is 1.68. The van der Waals surface area contributed by atoms with E-state index in [1.165, 1.54) is 12.0 Å². The summed E-state index contributed by atoms with van der Waals surface area (Å²) in [5.74, 6) is 0.277. The normalized spacial score (nSPS) is 24.0. The molecule has 1 aliphatic heterocycles. The average Bonchev–Trinajstić information content (AvgIpc) is 2.15. The second kappa shape index (κ2) is 5.18. The zero-order valence-electron chi connectivity index (χ0n) is 8.62. The van der Waals surface area contributed by atoms with Gasteiger partial charge in [0, 0.05) is 19.0 Å². The molecule has 1 fully saturated rings. The standard InChI is InChI=1S/C11H19NO/c1-10(2)5-7-12-6-3-4-11(8-12)9-13/h5,9,11H,3-4,6-8H2,1-2H3. The van der Waals surface area contributed by atoms with Crippen LogP contribution in [0.1, 0.15) is 26.7 Å². The van der Waals surface area contributed by atoms with Crippen LogP contribution in [-0.4, -0.2) is 30.8 Å². The van der Waals surface area contributed by atoms with Crippen molar-refractivity contribution in [2.24, 2.45) is 5.92 Å². The van der Waals surface area contributed by atoms with E-state index < -0.39 is 0 Å². The van der Waals surface area contributed by atoms with Crippen molar-refractivity contribution in [1.29, 1.82) is 0 Å². The van der Waals surface area contributed by atoms with Crippen LogP contribution in [0, 0.1) is 5.92 Å². The summed E-state index contributed by atoms with van der Waals surface area (Å²) in [5.41, 5.74) is 1.35. The van der Waals surface area contributed by atoms with Gasteiger partial charge in [-0.3, -0.25) is 4.90 Å². The molecule has 2 nitrogen and oxygen atoms in total. The van der Waals surface area contributed by atoms with Crippen LogP contribution in [0.2, 0.25) is 0 Å². The van der Waals surface area contributed by atoms with Crippen molar-refractivity contribution in [1.82, 2.24) is 4.90 Å². The molecule has 0 aromatic heterocycles. The molecular formula is C11H19NO. The highest BCUT2D eigenvalue weighted by Crippen LogP contribution is 2.14. The maximum Gasteiger partial charge on any atom is 0.124 e. The number of carbonyl (C=O) groups is 1. The second-order valence-electron chi connectivity index (χ2n) is 4.08. The highest BCUT2D eigenvalue weighted by molar-refractivity contribution is 5.53. The molecule has 0 bridgehead atoms. The minimum atomic E-state index is 0.277. The number of nitrogens with zero attached hydrogens (tertiary/aromatic N) is 1. The van der Waals surface area contributed by atoms with Crippen molar-refractivity contribution in [2.75, 3.05) is 19.6 Å². The monoisotopic (exact) mass is 181 g/mol. The van der Waals surface area contributed by atoms with Crippen molar-refractivity contribution < 1.29 is 4.79 Å². The SMILES string of the molecule is CC(C)=CCN1CCCC(C=O)C1. The van der Waals surface area contributed by atoms with Crippen LogP contribution >= 0.6 is 0 Å². The van der Waals surface area contributed by atoms with Gasteiger partial charge >= 0.3 is 0 Å². The van der Waals surface area contributed by atoms with Crippen LogP contribution in [0.15, 0.2) is 11.6 Å². The van der Waals surface area contributed by atoms with Gasteiger partial charge in [0.25, 0.3) is 0 Å². The third-order valence-corrected chi connectivity index (χ3v) is 2.49. The molecule has 13 heavy (non-hydrogen) atoms. The second-order valence-corrected chi connectivity index (χ2v) is 4.08. The van der Waals surface area contributed by atoms with Crippen LogP contribution in [0.5, 0.6) is 0 Å². The topological polar surface area (TPSA) is 20.3 Å². The van der Waals surface area contributed by atoms with Crippen LogP contribution in [0.25, 0.3) is 0 Å². The van der Waals surface area contributed by atoms with Crippen LogP contribution in [0.4, 0.5) is 0 Å². The summed E-state index contributed by atoms with van der Waals surface area (Å²) in [7, 11) is 0. The number of piperidine rings is 1. The molecule has 0 radical (unpaired) electrons. The van der Waals surface area contributed by atoms with Gasteiger partial charge in [-0.1, -0.05) is 11.6 Å². The smallest absolute Gasteiger partial charge is 0.124 e. The van der Waals surface area contributed by atoms with Crippen molar-refractivity contribution in [3.63, 3.8) is 0 Å². The molecule has 0 spiro atoms. The molecule has 1 rings (SSSR count). The summed E-state index contributed by atoms with van der Waals surface area (Å²) in [5, 5.41) is 0. The van der Waals surface area contributed by atoms with E-state index in [4.69, 9.17) is 0 Å². The van der Waals surface area contributed by atoms with E-state index in [1.807, 2.05) is 0 Å². The van der Waals surface area contributed by atoms with Gasteiger partial charge in [-0.2, -0.15) is 0 Å². The molecule has 1 saturated heterocycles. The van der Waals surface area contributed by atoms with Gasteiger partial charge in [-0.25, -0.2) is 0 Å². The lowest BCUT2D eigenvalue weighted by Crippen LogP contribution is -2.36. The highest BCUT2D eigenvalue weighted by atomic mass is 16.1. The Morgan fingerprint density at radius 1 is 1.54 bits per heavy atom. The van der Waals surface area contributed by atoms with E-state index in [0.717, 1.165) is 32.3 Å². The Balaban J connectivity index is 2.34. The first kappa shape index (κ1) is 10.5. The van der Waals surface area contributed by atoms with E-state index in [1.54, 1.807) is 0 Å². The van der Waals surface area contributed by atoms with E-state index >= 15 is 0 Å². The summed E-state index contributed by atoms with van der Waals surface area (Å²) >= 11 is 0.